The van der Waals surface area contributed by atoms with Crippen LogP contribution in [0.25, 0.3) is 21.6 Å². The number of nitrogens with zero attached hydrogens (tertiary/aromatic N) is 2. The second kappa shape index (κ2) is 9.42. The van der Waals surface area contributed by atoms with Gasteiger partial charge in [-0.2, -0.15) is 0 Å². The summed E-state index contributed by atoms with van der Waals surface area (Å²) in [6, 6.07) is 14.5. The number of anilines is 1. The number of halogens is 1. The minimum absolute atomic E-state index is 0.393. The SMILES string of the molecule is COC(=O)c1ccc(-c2nc(NCc3ccc(OC)c(OC)c3)c3cc(Cl)sc3n2)cc1. The molecule has 2 aromatic heterocycles. The summed E-state index contributed by atoms with van der Waals surface area (Å²) in [7, 11) is 4.56. The molecule has 0 fully saturated rings. The summed E-state index contributed by atoms with van der Waals surface area (Å²) in [6.07, 6.45) is 0. The van der Waals surface area contributed by atoms with Crippen LogP contribution in [0, 0.1) is 0 Å². The molecule has 164 valence electrons. The quantitative estimate of drug-likeness (QED) is 0.361. The third-order valence-electron chi connectivity index (χ3n) is 4.83. The molecule has 0 radical (unpaired) electrons. The van der Waals surface area contributed by atoms with Crippen LogP contribution in [0.5, 0.6) is 11.5 Å². The molecule has 0 atom stereocenters. The number of carbonyl (C=O) groups excluding carboxylic acids is 1. The molecule has 0 saturated heterocycles. The highest BCUT2D eigenvalue weighted by Gasteiger charge is 2.14. The van der Waals surface area contributed by atoms with Crippen molar-refractivity contribution < 1.29 is 19.0 Å². The fourth-order valence-corrected chi connectivity index (χ4v) is 4.29. The maximum atomic E-state index is 11.7. The molecule has 4 rings (SSSR count). The summed E-state index contributed by atoms with van der Waals surface area (Å²) in [5.41, 5.74) is 2.24. The Hall–Kier alpha value is -3.36. The maximum Gasteiger partial charge on any atom is 0.337 e. The molecular weight excluding hydrogens is 450 g/mol. The van der Waals surface area contributed by atoms with Crippen molar-refractivity contribution >= 4 is 44.9 Å². The summed E-state index contributed by atoms with van der Waals surface area (Å²) in [5.74, 6) is 2.13. The van der Waals surface area contributed by atoms with Crippen LogP contribution in [0.1, 0.15) is 15.9 Å². The van der Waals surface area contributed by atoms with Gasteiger partial charge in [-0.25, -0.2) is 14.8 Å². The number of benzene rings is 2. The molecule has 0 spiro atoms. The fourth-order valence-electron chi connectivity index (χ4n) is 3.21. The number of esters is 1. The van der Waals surface area contributed by atoms with Gasteiger partial charge in [-0.3, -0.25) is 0 Å². The number of hydrogen-bond acceptors (Lipinski definition) is 8. The van der Waals surface area contributed by atoms with Gasteiger partial charge in [0.1, 0.15) is 10.6 Å². The molecule has 1 N–H and O–H groups in total. The Morgan fingerprint density at radius 2 is 1.75 bits per heavy atom. The van der Waals surface area contributed by atoms with Crippen LogP contribution in [0.4, 0.5) is 5.82 Å². The normalized spacial score (nSPS) is 10.8. The molecule has 0 bridgehead atoms. The first-order chi connectivity index (χ1) is 15.5. The van der Waals surface area contributed by atoms with E-state index in [1.54, 1.807) is 38.5 Å². The van der Waals surface area contributed by atoms with Crippen molar-refractivity contribution in [3.05, 3.63) is 64.0 Å². The predicted molar refractivity (Wildman–Crippen MR) is 126 cm³/mol. The molecule has 9 heteroatoms. The number of rotatable bonds is 7. The van der Waals surface area contributed by atoms with E-state index in [9.17, 15) is 4.79 Å². The molecule has 0 saturated carbocycles. The molecule has 0 unspecified atom stereocenters. The first-order valence-electron chi connectivity index (χ1n) is 9.63. The maximum absolute atomic E-state index is 11.7. The molecule has 2 aromatic carbocycles. The van der Waals surface area contributed by atoms with Crippen LogP contribution < -0.4 is 14.8 Å². The van der Waals surface area contributed by atoms with E-state index < -0.39 is 5.97 Å². The highest BCUT2D eigenvalue weighted by Crippen LogP contribution is 2.34. The van der Waals surface area contributed by atoms with Gasteiger partial charge in [-0.05, 0) is 35.9 Å². The lowest BCUT2D eigenvalue weighted by Gasteiger charge is -2.12. The lowest BCUT2D eigenvalue weighted by Crippen LogP contribution is -2.04. The second-order valence-electron chi connectivity index (χ2n) is 6.78. The van der Waals surface area contributed by atoms with Crippen LogP contribution in [0.3, 0.4) is 0 Å². The van der Waals surface area contributed by atoms with E-state index in [0.717, 1.165) is 21.3 Å². The van der Waals surface area contributed by atoms with Crippen molar-refractivity contribution in [2.24, 2.45) is 0 Å². The number of hydrogen-bond donors (Lipinski definition) is 1. The van der Waals surface area contributed by atoms with Gasteiger partial charge in [0, 0.05) is 12.1 Å². The molecule has 4 aromatic rings. The number of carbonyl (C=O) groups is 1. The third kappa shape index (κ3) is 4.46. The van der Waals surface area contributed by atoms with Gasteiger partial charge >= 0.3 is 5.97 Å². The number of nitrogens with one attached hydrogen (secondary N) is 1. The lowest BCUT2D eigenvalue weighted by molar-refractivity contribution is 0.0600. The Bertz CT molecular complexity index is 1270. The Balaban J connectivity index is 1.66. The van der Waals surface area contributed by atoms with E-state index >= 15 is 0 Å². The van der Waals surface area contributed by atoms with Crippen molar-refractivity contribution in [3.8, 4) is 22.9 Å². The predicted octanol–water partition coefficient (Wildman–Crippen LogP) is 5.43. The van der Waals surface area contributed by atoms with E-state index in [1.165, 1.54) is 18.4 Å². The van der Waals surface area contributed by atoms with Gasteiger partial charge in [0.2, 0.25) is 0 Å². The van der Waals surface area contributed by atoms with E-state index in [-0.39, 0.29) is 0 Å². The molecule has 0 aliphatic rings. The lowest BCUT2D eigenvalue weighted by atomic mass is 10.1. The molecule has 7 nitrogen and oxygen atoms in total. The van der Waals surface area contributed by atoms with Crippen molar-refractivity contribution in [2.45, 2.75) is 6.54 Å². The van der Waals surface area contributed by atoms with Crippen molar-refractivity contribution in [1.29, 1.82) is 0 Å². The Morgan fingerprint density at radius 3 is 2.44 bits per heavy atom. The van der Waals surface area contributed by atoms with E-state index in [1.807, 2.05) is 24.3 Å². The topological polar surface area (TPSA) is 82.6 Å². The average molecular weight is 470 g/mol. The van der Waals surface area contributed by atoms with Crippen LogP contribution in [-0.4, -0.2) is 37.3 Å². The van der Waals surface area contributed by atoms with Crippen molar-refractivity contribution in [3.63, 3.8) is 0 Å². The zero-order valence-electron chi connectivity index (χ0n) is 17.6. The average Bonchev–Trinajstić information content (AvgIpc) is 3.22. The van der Waals surface area contributed by atoms with Crippen LogP contribution in [-0.2, 0) is 11.3 Å². The third-order valence-corrected chi connectivity index (χ3v) is 5.99. The van der Waals surface area contributed by atoms with Crippen molar-refractivity contribution in [2.75, 3.05) is 26.6 Å². The summed E-state index contributed by atoms with van der Waals surface area (Å²) in [6.45, 7) is 0.515. The highest BCUT2D eigenvalue weighted by atomic mass is 35.5. The van der Waals surface area contributed by atoms with Gasteiger partial charge in [-0.15, -0.1) is 11.3 Å². The number of ether oxygens (including phenoxy) is 3. The number of fused-ring (bicyclic) bond motifs is 1. The fraction of sp³-hybridized carbons (Fsp3) is 0.174. The van der Waals surface area contributed by atoms with Gasteiger partial charge in [0.15, 0.2) is 17.3 Å². The van der Waals surface area contributed by atoms with Crippen LogP contribution in [0.15, 0.2) is 48.5 Å². The minimum Gasteiger partial charge on any atom is -0.493 e. The van der Waals surface area contributed by atoms with Gasteiger partial charge in [-0.1, -0.05) is 29.8 Å². The Kier molecular flexibility index (Phi) is 6.43. The Labute approximate surface area is 193 Å². The minimum atomic E-state index is -0.393. The van der Waals surface area contributed by atoms with Gasteiger partial charge in [0.25, 0.3) is 0 Å². The molecule has 0 aliphatic carbocycles. The van der Waals surface area contributed by atoms with Gasteiger partial charge in [0.05, 0.1) is 36.6 Å². The van der Waals surface area contributed by atoms with E-state index in [2.05, 4.69) is 10.3 Å². The Morgan fingerprint density at radius 1 is 1.00 bits per heavy atom. The monoisotopic (exact) mass is 469 g/mol. The van der Waals surface area contributed by atoms with E-state index in [4.69, 9.17) is 30.8 Å². The molecule has 32 heavy (non-hydrogen) atoms. The summed E-state index contributed by atoms with van der Waals surface area (Å²) < 4.78 is 16.1. The molecular formula is C23H20ClN3O4S. The highest BCUT2D eigenvalue weighted by molar-refractivity contribution is 7.22. The van der Waals surface area contributed by atoms with Crippen LogP contribution in [0.2, 0.25) is 4.34 Å². The smallest absolute Gasteiger partial charge is 0.337 e. The number of thiophene rings is 1. The first-order valence-corrected chi connectivity index (χ1v) is 10.8. The number of methoxy groups -OCH3 is 3. The second-order valence-corrected chi connectivity index (χ2v) is 8.44. The molecule has 0 amide bonds. The first kappa shape index (κ1) is 21.9. The summed E-state index contributed by atoms with van der Waals surface area (Å²) in [5, 5.41) is 4.22. The summed E-state index contributed by atoms with van der Waals surface area (Å²) >= 11 is 7.64. The van der Waals surface area contributed by atoms with Crippen LogP contribution >= 0.6 is 22.9 Å². The molecule has 0 aliphatic heterocycles. The largest absolute Gasteiger partial charge is 0.493 e. The van der Waals surface area contributed by atoms with Crippen molar-refractivity contribution in [1.82, 2.24) is 9.97 Å². The molecule has 2 heterocycles. The number of aromatic nitrogens is 2. The summed E-state index contributed by atoms with van der Waals surface area (Å²) in [4.78, 5) is 21.9. The standard InChI is InChI=1S/C23H20ClN3O4S/c1-29-17-9-4-13(10-18(17)30-2)12-25-21-16-11-19(24)32-22(16)27-20(26-21)14-5-7-15(8-6-14)23(28)31-3/h4-11H,12H2,1-3H3,(H,25,26,27). The zero-order chi connectivity index (χ0) is 22.7. The van der Waals surface area contributed by atoms with E-state index in [0.29, 0.717) is 39.6 Å². The zero-order valence-corrected chi connectivity index (χ0v) is 19.2. The van der Waals surface area contributed by atoms with Gasteiger partial charge < -0.3 is 19.5 Å².